The molecular weight excluding hydrogens is 767 g/mol. The second-order valence-electron chi connectivity index (χ2n) is 18.7. The van der Waals surface area contributed by atoms with E-state index in [0.717, 1.165) is 70.6 Å². The number of unbranched alkanes of at least 4 members (excludes halogenated alkanes) is 33. The van der Waals surface area contributed by atoms with Crippen molar-refractivity contribution in [1.82, 2.24) is 5.32 Å². The summed E-state index contributed by atoms with van der Waals surface area (Å²) in [5, 5.41) is 23.7. The molecule has 0 aliphatic rings. The number of hydrogen-bond acceptors (Lipinski definition) is 5. The van der Waals surface area contributed by atoms with Crippen LogP contribution in [0.5, 0.6) is 0 Å². The number of hydrogen-bond donors (Lipinski definition) is 3. The van der Waals surface area contributed by atoms with Crippen molar-refractivity contribution in [1.29, 1.82) is 0 Å². The van der Waals surface area contributed by atoms with Gasteiger partial charge in [-0.1, -0.05) is 256 Å². The molecule has 0 aliphatic carbocycles. The monoisotopic (exact) mass is 872 g/mol. The van der Waals surface area contributed by atoms with Gasteiger partial charge in [-0.2, -0.15) is 0 Å². The number of nitrogens with one attached hydrogen (secondary N) is 1. The first-order chi connectivity index (χ1) is 30.5. The van der Waals surface area contributed by atoms with E-state index in [1.807, 2.05) is 0 Å². The van der Waals surface area contributed by atoms with Crippen molar-refractivity contribution in [2.24, 2.45) is 0 Å². The lowest BCUT2D eigenvalue weighted by Gasteiger charge is -2.24. The molecule has 3 unspecified atom stereocenters. The summed E-state index contributed by atoms with van der Waals surface area (Å²) in [6, 6.07) is -0.702. The summed E-state index contributed by atoms with van der Waals surface area (Å²) in [5.41, 5.74) is 0. The molecule has 0 spiro atoms. The molecule has 364 valence electrons. The standard InChI is InChI=1S/C56H105NO5/c1-4-7-10-13-16-19-22-24-26-27-28-30-32-34-37-40-43-46-49-56(61)62-52(47-44-41-38-35-33-31-29-25-23-20-17-14-11-8-5-2)50-55(60)57-53(51-58)54(59)48-45-42-39-36-21-18-15-12-9-6-3/h22,24,26-28,30,52-54,58-59H,4-21,23,25,29,31-51H2,1-3H3,(H,57,60)/b24-22+,27-26+,30-28+. The highest BCUT2D eigenvalue weighted by Crippen LogP contribution is 2.18. The molecule has 3 N–H and O–H groups in total. The van der Waals surface area contributed by atoms with E-state index in [1.165, 1.54) is 167 Å². The fourth-order valence-electron chi connectivity index (χ4n) is 8.37. The highest BCUT2D eigenvalue weighted by atomic mass is 16.5. The Kier molecular flexibility index (Phi) is 48.5. The van der Waals surface area contributed by atoms with Crippen molar-refractivity contribution in [2.45, 2.75) is 302 Å². The number of esters is 1. The minimum absolute atomic E-state index is 0.0734. The second kappa shape index (κ2) is 50.1. The minimum atomic E-state index is -0.788. The van der Waals surface area contributed by atoms with E-state index in [2.05, 4.69) is 62.5 Å². The van der Waals surface area contributed by atoms with Crippen LogP contribution in [0.4, 0.5) is 0 Å². The van der Waals surface area contributed by atoms with E-state index in [0.29, 0.717) is 19.3 Å². The molecule has 0 aromatic rings. The lowest BCUT2D eigenvalue weighted by atomic mass is 10.0. The molecule has 0 bridgehead atoms. The van der Waals surface area contributed by atoms with Crippen LogP contribution < -0.4 is 5.32 Å². The van der Waals surface area contributed by atoms with Gasteiger partial charge >= 0.3 is 5.97 Å². The van der Waals surface area contributed by atoms with Crippen molar-refractivity contribution in [3.8, 4) is 0 Å². The maximum Gasteiger partial charge on any atom is 0.306 e. The van der Waals surface area contributed by atoms with Gasteiger partial charge in [-0.15, -0.1) is 0 Å². The third kappa shape index (κ3) is 44.7. The number of allylic oxidation sites excluding steroid dienone is 6. The van der Waals surface area contributed by atoms with E-state index in [4.69, 9.17) is 4.74 Å². The van der Waals surface area contributed by atoms with Crippen LogP contribution in [0.25, 0.3) is 0 Å². The summed E-state index contributed by atoms with van der Waals surface area (Å²) in [7, 11) is 0. The van der Waals surface area contributed by atoms with Crippen molar-refractivity contribution >= 4 is 11.9 Å². The van der Waals surface area contributed by atoms with Gasteiger partial charge in [0.15, 0.2) is 0 Å². The maximum atomic E-state index is 13.2. The Balaban J connectivity index is 4.58. The Labute approximate surface area is 385 Å². The summed E-state index contributed by atoms with van der Waals surface area (Å²) in [5.74, 6) is -0.483. The summed E-state index contributed by atoms with van der Waals surface area (Å²) in [6.07, 6.45) is 59.2. The number of ether oxygens (including phenoxy) is 1. The van der Waals surface area contributed by atoms with Crippen LogP contribution in [0.3, 0.4) is 0 Å². The number of amides is 1. The molecule has 0 saturated heterocycles. The predicted octanol–water partition coefficient (Wildman–Crippen LogP) is 16.5. The zero-order chi connectivity index (χ0) is 45.2. The number of rotatable bonds is 49. The molecule has 1 amide bonds. The van der Waals surface area contributed by atoms with Crippen molar-refractivity contribution in [2.75, 3.05) is 6.61 Å². The van der Waals surface area contributed by atoms with E-state index in [-0.39, 0.29) is 24.9 Å². The molecule has 6 nitrogen and oxygen atoms in total. The van der Waals surface area contributed by atoms with Crippen LogP contribution in [0.15, 0.2) is 36.5 Å². The normalized spacial score (nSPS) is 13.4. The van der Waals surface area contributed by atoms with Gasteiger partial charge in [-0.05, 0) is 51.4 Å². The van der Waals surface area contributed by atoms with Crippen LogP contribution in [0, 0.1) is 0 Å². The summed E-state index contributed by atoms with van der Waals surface area (Å²) in [4.78, 5) is 26.2. The Morgan fingerprint density at radius 1 is 0.468 bits per heavy atom. The third-order valence-corrected chi connectivity index (χ3v) is 12.5. The zero-order valence-corrected chi connectivity index (χ0v) is 41.5. The molecule has 0 fully saturated rings. The maximum absolute atomic E-state index is 13.2. The lowest BCUT2D eigenvalue weighted by molar-refractivity contribution is -0.151. The molecule has 0 aromatic heterocycles. The van der Waals surface area contributed by atoms with Crippen LogP contribution in [-0.2, 0) is 14.3 Å². The number of carbonyl (C=O) groups is 2. The van der Waals surface area contributed by atoms with E-state index < -0.39 is 18.2 Å². The van der Waals surface area contributed by atoms with Crippen LogP contribution >= 0.6 is 0 Å². The van der Waals surface area contributed by atoms with E-state index in [9.17, 15) is 19.8 Å². The molecule has 0 aliphatic heterocycles. The quantitative estimate of drug-likeness (QED) is 0.0321. The van der Waals surface area contributed by atoms with Crippen molar-refractivity contribution in [3.63, 3.8) is 0 Å². The van der Waals surface area contributed by atoms with E-state index >= 15 is 0 Å². The smallest absolute Gasteiger partial charge is 0.306 e. The number of carbonyl (C=O) groups excluding carboxylic acids is 2. The molecule has 0 aromatic carbocycles. The van der Waals surface area contributed by atoms with E-state index in [1.54, 1.807) is 0 Å². The van der Waals surface area contributed by atoms with Crippen LogP contribution in [-0.4, -0.2) is 46.9 Å². The lowest BCUT2D eigenvalue weighted by Crippen LogP contribution is -2.46. The fraction of sp³-hybridized carbons (Fsp3) is 0.857. The molecule has 3 atom stereocenters. The van der Waals surface area contributed by atoms with Gasteiger partial charge in [-0.25, -0.2) is 0 Å². The first-order valence-corrected chi connectivity index (χ1v) is 27.2. The Morgan fingerprint density at radius 3 is 1.23 bits per heavy atom. The molecule has 0 rings (SSSR count). The average molecular weight is 872 g/mol. The van der Waals surface area contributed by atoms with Crippen LogP contribution in [0.2, 0.25) is 0 Å². The Hall–Kier alpha value is -1.92. The zero-order valence-electron chi connectivity index (χ0n) is 41.5. The third-order valence-electron chi connectivity index (χ3n) is 12.5. The van der Waals surface area contributed by atoms with Gasteiger partial charge in [-0.3, -0.25) is 9.59 Å². The fourth-order valence-corrected chi connectivity index (χ4v) is 8.37. The molecule has 0 radical (unpaired) electrons. The average Bonchev–Trinajstić information content (AvgIpc) is 3.26. The SMILES string of the molecule is CCCCCCC/C=C/C=C/C=C/CCCCCCCC(=O)OC(CCCCCCCCCCCCCCCCC)CC(=O)NC(CO)C(O)CCCCCCCCCCCC. The van der Waals surface area contributed by atoms with Gasteiger partial charge in [0.1, 0.15) is 6.10 Å². The van der Waals surface area contributed by atoms with Gasteiger partial charge in [0.2, 0.25) is 5.91 Å². The van der Waals surface area contributed by atoms with Gasteiger partial charge in [0.25, 0.3) is 0 Å². The summed E-state index contributed by atoms with van der Waals surface area (Å²) in [6.45, 7) is 6.47. The first kappa shape index (κ1) is 60.1. The molecular formula is C56H105NO5. The van der Waals surface area contributed by atoms with Gasteiger partial charge in [0, 0.05) is 6.42 Å². The topological polar surface area (TPSA) is 95.9 Å². The minimum Gasteiger partial charge on any atom is -0.462 e. The summed E-state index contributed by atoms with van der Waals surface area (Å²) < 4.78 is 5.94. The number of aliphatic hydroxyl groups is 2. The first-order valence-electron chi connectivity index (χ1n) is 27.2. The molecule has 6 heteroatoms. The Bertz CT molecular complexity index is 1020. The van der Waals surface area contributed by atoms with Gasteiger partial charge < -0.3 is 20.3 Å². The van der Waals surface area contributed by atoms with Crippen molar-refractivity contribution in [3.05, 3.63) is 36.5 Å². The largest absolute Gasteiger partial charge is 0.462 e. The predicted molar refractivity (Wildman–Crippen MR) is 269 cm³/mol. The molecule has 0 heterocycles. The van der Waals surface area contributed by atoms with Crippen molar-refractivity contribution < 1.29 is 24.5 Å². The second-order valence-corrected chi connectivity index (χ2v) is 18.7. The molecule has 0 saturated carbocycles. The Morgan fingerprint density at radius 2 is 0.823 bits per heavy atom. The van der Waals surface area contributed by atoms with Gasteiger partial charge in [0.05, 0.1) is 25.2 Å². The van der Waals surface area contributed by atoms with Crippen LogP contribution in [0.1, 0.15) is 284 Å². The summed E-state index contributed by atoms with van der Waals surface area (Å²) >= 11 is 0. The molecule has 62 heavy (non-hydrogen) atoms. The highest BCUT2D eigenvalue weighted by Gasteiger charge is 2.24. The highest BCUT2D eigenvalue weighted by molar-refractivity contribution is 5.77. The number of aliphatic hydroxyl groups excluding tert-OH is 2.